The number of ether oxygens (including phenoxy) is 1. The summed E-state index contributed by atoms with van der Waals surface area (Å²) >= 11 is 0. The second kappa shape index (κ2) is 9.62. The van der Waals surface area contributed by atoms with E-state index < -0.39 is 35.4 Å². The molecular weight excluding hydrogens is 480 g/mol. The molecule has 2 fully saturated rings. The molecule has 0 heterocycles. The van der Waals surface area contributed by atoms with Crippen molar-refractivity contribution in [1.82, 2.24) is 0 Å². The minimum Gasteiger partial charge on any atom is -0.481 e. The maximum absolute atomic E-state index is 12.6. The Morgan fingerprint density at radius 3 is 2.34 bits per heavy atom. The lowest BCUT2D eigenvalue weighted by molar-refractivity contribution is -0.165. The van der Waals surface area contributed by atoms with Crippen molar-refractivity contribution in [2.45, 2.75) is 112 Å². The van der Waals surface area contributed by atoms with E-state index in [1.54, 1.807) is 6.92 Å². The number of carbonyl (C=O) groups is 2. The molecule has 3 N–H and O–H groups in total. The predicted molar refractivity (Wildman–Crippen MR) is 147 cm³/mol. The third-order valence-electron chi connectivity index (χ3n) is 11.6. The van der Waals surface area contributed by atoms with Gasteiger partial charge >= 0.3 is 11.9 Å². The van der Waals surface area contributed by atoms with Crippen LogP contribution in [0.15, 0.2) is 35.5 Å². The number of esters is 1. The van der Waals surface area contributed by atoms with Gasteiger partial charge < -0.3 is 20.1 Å². The zero-order valence-corrected chi connectivity index (χ0v) is 24.3. The van der Waals surface area contributed by atoms with Crippen LogP contribution in [0.4, 0.5) is 0 Å². The molecule has 0 radical (unpaired) electrons. The van der Waals surface area contributed by atoms with Crippen molar-refractivity contribution in [1.29, 1.82) is 0 Å². The fourth-order valence-electron chi connectivity index (χ4n) is 9.26. The summed E-state index contributed by atoms with van der Waals surface area (Å²) in [6.45, 7) is 18.3. The van der Waals surface area contributed by atoms with E-state index in [1.165, 1.54) is 18.1 Å². The van der Waals surface area contributed by atoms with Crippen LogP contribution >= 0.6 is 0 Å². The van der Waals surface area contributed by atoms with Gasteiger partial charge in [0.1, 0.15) is 6.10 Å². The van der Waals surface area contributed by atoms with Gasteiger partial charge in [0.25, 0.3) is 0 Å². The first-order chi connectivity index (χ1) is 17.5. The van der Waals surface area contributed by atoms with E-state index in [0.29, 0.717) is 37.2 Å². The molecule has 212 valence electrons. The number of allylic oxidation sites excluding steroid dienone is 4. The summed E-state index contributed by atoms with van der Waals surface area (Å²) in [5.74, 6) is -1.98. The molecule has 0 spiro atoms. The number of aliphatic hydroxyl groups is 2. The summed E-state index contributed by atoms with van der Waals surface area (Å²) in [7, 11) is 0. The maximum atomic E-state index is 12.6. The lowest BCUT2D eigenvalue weighted by atomic mass is 9.44. The molecule has 6 nitrogen and oxygen atoms in total. The molecule has 0 saturated heterocycles. The molecule has 0 aromatic rings. The van der Waals surface area contributed by atoms with Gasteiger partial charge in [-0.1, -0.05) is 58.9 Å². The van der Waals surface area contributed by atoms with Crippen molar-refractivity contribution >= 4 is 11.9 Å². The van der Waals surface area contributed by atoms with Gasteiger partial charge in [-0.05, 0) is 79.8 Å². The normalized spacial score (nSPS) is 41.0. The Balaban J connectivity index is 1.70. The number of carboxylic acid groups (broad SMARTS) is 1. The lowest BCUT2D eigenvalue weighted by Crippen LogP contribution is -2.55. The summed E-state index contributed by atoms with van der Waals surface area (Å²) in [5, 5.41) is 32.1. The first kappa shape index (κ1) is 29.1. The highest BCUT2D eigenvalue weighted by molar-refractivity contribution is 5.71. The second-order valence-electron chi connectivity index (χ2n) is 14.0. The fraction of sp³-hybridized carbons (Fsp3) is 0.750. The molecule has 4 aliphatic carbocycles. The molecule has 0 aliphatic heterocycles. The molecule has 4 aliphatic rings. The van der Waals surface area contributed by atoms with E-state index in [0.717, 1.165) is 19.3 Å². The molecule has 6 heteroatoms. The topological polar surface area (TPSA) is 104 Å². The number of fused-ring (bicyclic) bond motifs is 5. The Kier molecular flexibility index (Phi) is 7.36. The zero-order chi connectivity index (χ0) is 28.4. The van der Waals surface area contributed by atoms with Crippen LogP contribution in [0.2, 0.25) is 0 Å². The second-order valence-corrected chi connectivity index (χ2v) is 14.0. The first-order valence-corrected chi connectivity index (χ1v) is 14.3. The standard InChI is InChI=1S/C32H48O6/c1-18(2)23(34)11-9-20(28(36)37)27-24(35)17-32(8)22-10-12-25-29(4,5)26(38-19(3)33)14-15-30(25,6)21(22)13-16-31(27,32)7/h10,13,20,23-27,34-35H,1,9,11-12,14-17H2,2-8H3,(H,36,37)/t20-,23-,24-,25+,26+,27+,30-,31-,32+/m1/s1. The largest absolute Gasteiger partial charge is 0.481 e. The SMILES string of the molecule is C=C(C)[C@H](O)CC[C@@H](C(=O)O)[C@H]1[C@H](O)C[C@@]2(C)C3=CC[C@H]4C(C)(C)[C@@H](OC(C)=O)CC[C@]4(C)C3=CC[C@]12C. The van der Waals surface area contributed by atoms with Crippen molar-refractivity contribution in [2.24, 2.45) is 39.4 Å². The number of hydrogen-bond donors (Lipinski definition) is 3. The van der Waals surface area contributed by atoms with E-state index >= 15 is 0 Å². The molecular formula is C32H48O6. The van der Waals surface area contributed by atoms with Crippen LogP contribution < -0.4 is 0 Å². The minimum atomic E-state index is -0.904. The van der Waals surface area contributed by atoms with Crippen molar-refractivity contribution in [3.63, 3.8) is 0 Å². The van der Waals surface area contributed by atoms with Gasteiger partial charge in [0, 0.05) is 23.7 Å². The lowest BCUT2D eigenvalue weighted by Gasteiger charge is -2.61. The molecule has 4 rings (SSSR count). The predicted octanol–water partition coefficient (Wildman–Crippen LogP) is 5.83. The summed E-state index contributed by atoms with van der Waals surface area (Å²) in [5.41, 5.74) is 2.22. The summed E-state index contributed by atoms with van der Waals surface area (Å²) in [4.78, 5) is 24.4. The van der Waals surface area contributed by atoms with Crippen LogP contribution in [-0.2, 0) is 14.3 Å². The van der Waals surface area contributed by atoms with Gasteiger partial charge in [-0.3, -0.25) is 9.59 Å². The molecule has 2 saturated carbocycles. The highest BCUT2D eigenvalue weighted by atomic mass is 16.5. The Morgan fingerprint density at radius 1 is 1.11 bits per heavy atom. The molecule has 0 amide bonds. The molecule has 0 bridgehead atoms. The average molecular weight is 529 g/mol. The highest BCUT2D eigenvalue weighted by Gasteiger charge is 2.66. The number of rotatable bonds is 7. The van der Waals surface area contributed by atoms with Gasteiger partial charge in [-0.2, -0.15) is 0 Å². The van der Waals surface area contributed by atoms with Crippen LogP contribution in [0.1, 0.15) is 93.4 Å². The Bertz CT molecular complexity index is 1070. The molecule has 0 unspecified atom stereocenters. The quantitative estimate of drug-likeness (QED) is 0.284. The number of aliphatic hydroxyl groups excluding tert-OH is 2. The fourth-order valence-corrected chi connectivity index (χ4v) is 9.26. The van der Waals surface area contributed by atoms with E-state index in [1.807, 2.05) is 0 Å². The van der Waals surface area contributed by atoms with Gasteiger partial charge in [-0.25, -0.2) is 0 Å². The molecule has 38 heavy (non-hydrogen) atoms. The van der Waals surface area contributed by atoms with E-state index in [-0.39, 0.29) is 28.3 Å². The highest BCUT2D eigenvalue weighted by Crippen LogP contribution is 2.72. The summed E-state index contributed by atoms with van der Waals surface area (Å²) in [6, 6.07) is 0. The van der Waals surface area contributed by atoms with Crippen molar-refractivity contribution in [2.75, 3.05) is 0 Å². The first-order valence-electron chi connectivity index (χ1n) is 14.3. The van der Waals surface area contributed by atoms with Crippen molar-refractivity contribution in [3.8, 4) is 0 Å². The van der Waals surface area contributed by atoms with E-state index in [4.69, 9.17) is 4.74 Å². The molecule has 0 aromatic heterocycles. The Labute approximate surface area is 228 Å². The molecule has 9 atom stereocenters. The van der Waals surface area contributed by atoms with Crippen LogP contribution in [0.25, 0.3) is 0 Å². The van der Waals surface area contributed by atoms with Crippen LogP contribution in [0, 0.1) is 39.4 Å². The Hall–Kier alpha value is -1.92. The minimum absolute atomic E-state index is 0.0740. The maximum Gasteiger partial charge on any atom is 0.306 e. The Morgan fingerprint density at radius 2 is 1.76 bits per heavy atom. The number of carbonyl (C=O) groups excluding carboxylic acids is 1. The van der Waals surface area contributed by atoms with Crippen LogP contribution in [-0.4, -0.2) is 45.6 Å². The monoisotopic (exact) mass is 528 g/mol. The van der Waals surface area contributed by atoms with Gasteiger partial charge in [0.15, 0.2) is 0 Å². The van der Waals surface area contributed by atoms with Crippen molar-refractivity contribution in [3.05, 3.63) is 35.5 Å². The average Bonchev–Trinajstić information content (AvgIpc) is 3.01. The van der Waals surface area contributed by atoms with E-state index in [2.05, 4.69) is 53.3 Å². The summed E-state index contributed by atoms with van der Waals surface area (Å²) < 4.78 is 5.78. The van der Waals surface area contributed by atoms with Crippen LogP contribution in [0.5, 0.6) is 0 Å². The zero-order valence-electron chi connectivity index (χ0n) is 24.3. The molecule has 0 aromatic carbocycles. The van der Waals surface area contributed by atoms with Crippen molar-refractivity contribution < 1.29 is 29.6 Å². The third kappa shape index (κ3) is 4.21. The number of aliphatic carboxylic acids is 1. The number of hydrogen-bond acceptors (Lipinski definition) is 5. The number of carboxylic acids is 1. The van der Waals surface area contributed by atoms with Crippen LogP contribution in [0.3, 0.4) is 0 Å². The van der Waals surface area contributed by atoms with Gasteiger partial charge in [0.05, 0.1) is 18.1 Å². The van der Waals surface area contributed by atoms with Gasteiger partial charge in [0.2, 0.25) is 0 Å². The summed E-state index contributed by atoms with van der Waals surface area (Å²) in [6.07, 6.45) is 7.59. The third-order valence-corrected chi connectivity index (χ3v) is 11.6. The van der Waals surface area contributed by atoms with E-state index in [9.17, 15) is 24.9 Å². The smallest absolute Gasteiger partial charge is 0.306 e. The van der Waals surface area contributed by atoms with Gasteiger partial charge in [-0.15, -0.1) is 0 Å².